The predicted molar refractivity (Wildman–Crippen MR) is 98.9 cm³/mol. The number of methoxy groups -OCH3 is 1. The molecule has 2 rings (SSSR count). The van der Waals surface area contributed by atoms with Gasteiger partial charge >= 0.3 is 0 Å². The van der Waals surface area contributed by atoms with Gasteiger partial charge in [-0.15, -0.1) is 0 Å². The largest absolute Gasteiger partial charge is 0.495 e. The Labute approximate surface area is 149 Å². The van der Waals surface area contributed by atoms with Crippen LogP contribution in [0.5, 0.6) is 5.75 Å². The van der Waals surface area contributed by atoms with Gasteiger partial charge in [-0.1, -0.05) is 19.1 Å². The first-order valence-electron chi connectivity index (χ1n) is 9.08. The van der Waals surface area contributed by atoms with E-state index < -0.39 is 0 Å². The SMILES string of the molecule is CCCNC(=O)CCC(=O)NC1CCN(c2ccccc2OC)CC1. The lowest BCUT2D eigenvalue weighted by atomic mass is 10.0. The van der Waals surface area contributed by atoms with Crippen LogP contribution >= 0.6 is 0 Å². The first kappa shape index (κ1) is 19.1. The van der Waals surface area contributed by atoms with E-state index in [0.717, 1.165) is 43.8 Å². The zero-order chi connectivity index (χ0) is 18.1. The second-order valence-corrected chi connectivity index (χ2v) is 6.35. The van der Waals surface area contributed by atoms with Crippen molar-refractivity contribution in [1.82, 2.24) is 10.6 Å². The molecule has 1 heterocycles. The summed E-state index contributed by atoms with van der Waals surface area (Å²) in [5.41, 5.74) is 1.10. The summed E-state index contributed by atoms with van der Waals surface area (Å²) in [4.78, 5) is 25.9. The Morgan fingerprint density at radius 3 is 2.52 bits per heavy atom. The van der Waals surface area contributed by atoms with E-state index in [1.54, 1.807) is 7.11 Å². The van der Waals surface area contributed by atoms with Gasteiger partial charge in [-0.05, 0) is 31.4 Å². The van der Waals surface area contributed by atoms with E-state index in [4.69, 9.17) is 4.74 Å². The van der Waals surface area contributed by atoms with E-state index in [1.807, 2.05) is 25.1 Å². The molecule has 138 valence electrons. The number of anilines is 1. The summed E-state index contributed by atoms with van der Waals surface area (Å²) >= 11 is 0. The molecule has 1 aromatic carbocycles. The smallest absolute Gasteiger partial charge is 0.220 e. The number of rotatable bonds is 8. The fraction of sp³-hybridized carbons (Fsp3) is 0.579. The highest BCUT2D eigenvalue weighted by Crippen LogP contribution is 2.29. The summed E-state index contributed by atoms with van der Waals surface area (Å²) in [6.07, 6.45) is 3.20. The van der Waals surface area contributed by atoms with Crippen molar-refractivity contribution in [2.45, 2.75) is 45.1 Å². The van der Waals surface area contributed by atoms with Crippen LogP contribution in [-0.2, 0) is 9.59 Å². The minimum atomic E-state index is -0.0528. The standard InChI is InChI=1S/C19H29N3O3/c1-3-12-20-18(23)8-9-19(24)21-15-10-13-22(14-11-15)16-6-4-5-7-17(16)25-2/h4-7,15H,3,8-14H2,1-2H3,(H,20,23)(H,21,24). The monoisotopic (exact) mass is 347 g/mol. The van der Waals surface area contributed by atoms with E-state index >= 15 is 0 Å². The van der Waals surface area contributed by atoms with E-state index in [2.05, 4.69) is 21.6 Å². The Morgan fingerprint density at radius 1 is 1.16 bits per heavy atom. The fourth-order valence-corrected chi connectivity index (χ4v) is 3.04. The summed E-state index contributed by atoms with van der Waals surface area (Å²) in [7, 11) is 1.68. The summed E-state index contributed by atoms with van der Waals surface area (Å²) in [6, 6.07) is 8.18. The summed E-state index contributed by atoms with van der Waals surface area (Å²) in [6.45, 7) is 4.43. The van der Waals surface area contributed by atoms with Crippen molar-refractivity contribution in [3.05, 3.63) is 24.3 Å². The second kappa shape index (κ2) is 9.91. The number of nitrogens with zero attached hydrogens (tertiary/aromatic N) is 1. The van der Waals surface area contributed by atoms with Crippen LogP contribution < -0.4 is 20.3 Å². The van der Waals surface area contributed by atoms with Crippen molar-refractivity contribution in [3.8, 4) is 5.75 Å². The van der Waals surface area contributed by atoms with Gasteiger partial charge in [0.2, 0.25) is 11.8 Å². The third-order valence-electron chi connectivity index (χ3n) is 4.44. The van der Waals surface area contributed by atoms with Crippen LogP contribution in [0, 0.1) is 0 Å². The van der Waals surface area contributed by atoms with Gasteiger partial charge in [0.25, 0.3) is 0 Å². The molecule has 25 heavy (non-hydrogen) atoms. The van der Waals surface area contributed by atoms with Gasteiger partial charge < -0.3 is 20.3 Å². The molecule has 0 unspecified atom stereocenters. The average molecular weight is 347 g/mol. The number of hydrogen-bond acceptors (Lipinski definition) is 4. The molecule has 6 heteroatoms. The molecule has 0 radical (unpaired) electrons. The first-order chi connectivity index (χ1) is 12.1. The van der Waals surface area contributed by atoms with Crippen molar-refractivity contribution in [2.24, 2.45) is 0 Å². The molecular formula is C19H29N3O3. The van der Waals surface area contributed by atoms with Gasteiger partial charge in [0.15, 0.2) is 0 Å². The number of carbonyl (C=O) groups is 2. The topological polar surface area (TPSA) is 70.7 Å². The van der Waals surface area contributed by atoms with E-state index in [9.17, 15) is 9.59 Å². The van der Waals surface area contributed by atoms with Crippen molar-refractivity contribution < 1.29 is 14.3 Å². The molecular weight excluding hydrogens is 318 g/mol. The maximum absolute atomic E-state index is 12.0. The molecule has 1 aliphatic heterocycles. The van der Waals surface area contributed by atoms with Gasteiger partial charge in [-0.3, -0.25) is 9.59 Å². The zero-order valence-corrected chi connectivity index (χ0v) is 15.2. The summed E-state index contributed by atoms with van der Waals surface area (Å²) in [5.74, 6) is 0.786. The minimum Gasteiger partial charge on any atom is -0.495 e. The average Bonchev–Trinajstić information content (AvgIpc) is 2.65. The highest BCUT2D eigenvalue weighted by molar-refractivity contribution is 5.83. The van der Waals surface area contributed by atoms with Crippen LogP contribution in [0.2, 0.25) is 0 Å². The van der Waals surface area contributed by atoms with Crippen molar-refractivity contribution >= 4 is 17.5 Å². The molecule has 0 aromatic heterocycles. The Bertz CT molecular complexity index is 569. The lowest BCUT2D eigenvalue weighted by molar-refractivity contribution is -0.126. The van der Waals surface area contributed by atoms with E-state index in [-0.39, 0.29) is 30.7 Å². The number of nitrogens with one attached hydrogen (secondary N) is 2. The normalized spacial score (nSPS) is 14.9. The third-order valence-corrected chi connectivity index (χ3v) is 4.44. The van der Waals surface area contributed by atoms with Crippen LogP contribution in [-0.4, -0.2) is 44.6 Å². The summed E-state index contributed by atoms with van der Waals surface area (Å²) < 4.78 is 5.42. The molecule has 0 bridgehead atoms. The predicted octanol–water partition coefficient (Wildman–Crippen LogP) is 2.09. The van der Waals surface area contributed by atoms with Crippen LogP contribution in [0.25, 0.3) is 0 Å². The molecule has 1 aromatic rings. The number of ether oxygens (including phenoxy) is 1. The van der Waals surface area contributed by atoms with Gasteiger partial charge in [0, 0.05) is 38.5 Å². The van der Waals surface area contributed by atoms with Crippen molar-refractivity contribution in [2.75, 3.05) is 31.6 Å². The zero-order valence-electron chi connectivity index (χ0n) is 15.2. The molecule has 1 aliphatic rings. The number of hydrogen-bond donors (Lipinski definition) is 2. The molecule has 0 saturated carbocycles. The Morgan fingerprint density at radius 2 is 1.84 bits per heavy atom. The molecule has 0 aliphatic carbocycles. The molecule has 1 fully saturated rings. The molecule has 0 spiro atoms. The molecule has 2 amide bonds. The van der Waals surface area contributed by atoms with Crippen molar-refractivity contribution in [1.29, 1.82) is 0 Å². The van der Waals surface area contributed by atoms with Gasteiger partial charge in [0.1, 0.15) is 5.75 Å². The molecule has 0 atom stereocenters. The molecule has 6 nitrogen and oxygen atoms in total. The molecule has 1 saturated heterocycles. The number of piperidine rings is 1. The molecule has 2 N–H and O–H groups in total. The van der Waals surface area contributed by atoms with Crippen LogP contribution in [0.1, 0.15) is 39.0 Å². The lowest BCUT2D eigenvalue weighted by Gasteiger charge is -2.34. The van der Waals surface area contributed by atoms with Gasteiger partial charge in [-0.2, -0.15) is 0 Å². The van der Waals surface area contributed by atoms with Crippen LogP contribution in [0.15, 0.2) is 24.3 Å². The highest BCUT2D eigenvalue weighted by atomic mass is 16.5. The van der Waals surface area contributed by atoms with Crippen LogP contribution in [0.3, 0.4) is 0 Å². The van der Waals surface area contributed by atoms with E-state index in [1.165, 1.54) is 0 Å². The fourth-order valence-electron chi connectivity index (χ4n) is 3.04. The lowest BCUT2D eigenvalue weighted by Crippen LogP contribution is -2.45. The second-order valence-electron chi connectivity index (χ2n) is 6.35. The first-order valence-corrected chi connectivity index (χ1v) is 9.08. The van der Waals surface area contributed by atoms with Gasteiger partial charge in [-0.25, -0.2) is 0 Å². The Hall–Kier alpha value is -2.24. The van der Waals surface area contributed by atoms with E-state index in [0.29, 0.717) is 6.54 Å². The number of carbonyl (C=O) groups excluding carboxylic acids is 2. The van der Waals surface area contributed by atoms with Gasteiger partial charge in [0.05, 0.1) is 12.8 Å². The third kappa shape index (κ3) is 5.96. The minimum absolute atomic E-state index is 0.0395. The Kier molecular flexibility index (Phi) is 7.57. The maximum Gasteiger partial charge on any atom is 0.220 e. The van der Waals surface area contributed by atoms with Crippen LogP contribution in [0.4, 0.5) is 5.69 Å². The maximum atomic E-state index is 12.0. The quantitative estimate of drug-likeness (QED) is 0.755. The number of amides is 2. The Balaban J connectivity index is 1.73. The van der Waals surface area contributed by atoms with Crippen molar-refractivity contribution in [3.63, 3.8) is 0 Å². The number of para-hydroxylation sites is 2. The number of benzene rings is 1. The highest BCUT2D eigenvalue weighted by Gasteiger charge is 2.22. The summed E-state index contributed by atoms with van der Waals surface area (Å²) in [5, 5.41) is 5.84.